The summed E-state index contributed by atoms with van der Waals surface area (Å²) in [6.07, 6.45) is 0.848. The number of rotatable bonds is 0. The molecule has 0 aromatic heterocycles. The highest BCUT2D eigenvalue weighted by atomic mass is 16.2. The highest BCUT2D eigenvalue weighted by Gasteiger charge is 2.20. The van der Waals surface area contributed by atoms with E-state index in [1.54, 1.807) is 24.1 Å². The normalized spacial score (nSPS) is 14.9. The quantitative estimate of drug-likeness (QED) is 0.567. The third-order valence-corrected chi connectivity index (χ3v) is 2.51. The second kappa shape index (κ2) is 3.15. The third-order valence-electron chi connectivity index (χ3n) is 2.51. The fraction of sp³-hybridized carbons (Fsp3) is 0.273. The van der Waals surface area contributed by atoms with Crippen LogP contribution in [0, 0.1) is 6.57 Å². The monoisotopic (exact) mass is 186 g/mol. The molecule has 1 aliphatic rings. The van der Waals surface area contributed by atoms with Crippen molar-refractivity contribution in [3.05, 3.63) is 40.7 Å². The van der Waals surface area contributed by atoms with E-state index in [0.29, 0.717) is 5.69 Å². The first-order chi connectivity index (χ1) is 6.72. The SMILES string of the molecule is [C-]#[N+]c1ccc2c(c1)CCN(C)C2=O. The molecule has 1 aromatic carbocycles. The van der Waals surface area contributed by atoms with Crippen molar-refractivity contribution in [1.29, 1.82) is 0 Å². The molecule has 2 rings (SSSR count). The van der Waals surface area contributed by atoms with Gasteiger partial charge >= 0.3 is 0 Å². The zero-order chi connectivity index (χ0) is 10.1. The number of carbonyl (C=O) groups is 1. The van der Waals surface area contributed by atoms with Crippen LogP contribution < -0.4 is 0 Å². The number of likely N-dealkylation sites (N-methyl/N-ethyl adjacent to an activating group) is 1. The molecular formula is C11H10N2O. The van der Waals surface area contributed by atoms with Gasteiger partial charge in [0.1, 0.15) is 0 Å². The van der Waals surface area contributed by atoms with E-state index in [-0.39, 0.29) is 5.91 Å². The lowest BCUT2D eigenvalue weighted by Crippen LogP contribution is -2.33. The Bertz CT molecular complexity index is 431. The summed E-state index contributed by atoms with van der Waals surface area (Å²) in [5.41, 5.74) is 2.36. The standard InChI is InChI=1S/C11H10N2O/c1-12-9-3-4-10-8(7-9)5-6-13(2)11(10)14/h3-4,7H,5-6H2,2H3. The van der Waals surface area contributed by atoms with Crippen molar-refractivity contribution in [2.24, 2.45) is 0 Å². The lowest BCUT2D eigenvalue weighted by atomic mass is 9.99. The molecule has 3 nitrogen and oxygen atoms in total. The molecule has 0 fully saturated rings. The van der Waals surface area contributed by atoms with E-state index in [4.69, 9.17) is 6.57 Å². The van der Waals surface area contributed by atoms with Gasteiger partial charge in [-0.25, -0.2) is 4.85 Å². The molecule has 0 radical (unpaired) electrons. The van der Waals surface area contributed by atoms with Crippen LogP contribution >= 0.6 is 0 Å². The van der Waals surface area contributed by atoms with Crippen LogP contribution in [-0.4, -0.2) is 24.4 Å². The van der Waals surface area contributed by atoms with Crippen molar-refractivity contribution in [3.63, 3.8) is 0 Å². The van der Waals surface area contributed by atoms with E-state index in [1.165, 1.54) is 0 Å². The van der Waals surface area contributed by atoms with E-state index < -0.39 is 0 Å². The molecule has 70 valence electrons. The van der Waals surface area contributed by atoms with E-state index in [2.05, 4.69) is 4.85 Å². The van der Waals surface area contributed by atoms with Crippen LogP contribution in [0.25, 0.3) is 4.85 Å². The van der Waals surface area contributed by atoms with Gasteiger partial charge in [-0.1, -0.05) is 18.2 Å². The Morgan fingerprint density at radius 3 is 3.00 bits per heavy atom. The molecule has 1 aliphatic heterocycles. The first-order valence-electron chi connectivity index (χ1n) is 4.48. The molecule has 0 bridgehead atoms. The minimum absolute atomic E-state index is 0.0581. The van der Waals surface area contributed by atoms with E-state index in [0.717, 1.165) is 24.1 Å². The van der Waals surface area contributed by atoms with Crippen LogP contribution in [0.4, 0.5) is 5.69 Å². The molecule has 0 atom stereocenters. The Morgan fingerprint density at radius 1 is 1.50 bits per heavy atom. The third kappa shape index (κ3) is 1.25. The Hall–Kier alpha value is -1.82. The first-order valence-corrected chi connectivity index (χ1v) is 4.48. The molecule has 1 amide bonds. The van der Waals surface area contributed by atoms with Crippen LogP contribution in [0.15, 0.2) is 18.2 Å². The molecule has 0 saturated carbocycles. The maximum atomic E-state index is 11.7. The predicted molar refractivity (Wildman–Crippen MR) is 53.4 cm³/mol. The summed E-state index contributed by atoms with van der Waals surface area (Å²) in [5.74, 6) is 0.0581. The summed E-state index contributed by atoms with van der Waals surface area (Å²) in [6, 6.07) is 5.26. The van der Waals surface area contributed by atoms with Crippen molar-refractivity contribution in [2.75, 3.05) is 13.6 Å². The van der Waals surface area contributed by atoms with Gasteiger partial charge in [0.15, 0.2) is 5.69 Å². The fourth-order valence-corrected chi connectivity index (χ4v) is 1.66. The van der Waals surface area contributed by atoms with Crippen molar-refractivity contribution < 1.29 is 4.79 Å². The molecule has 0 saturated heterocycles. The van der Waals surface area contributed by atoms with Crippen LogP contribution in [-0.2, 0) is 6.42 Å². The molecular weight excluding hydrogens is 176 g/mol. The van der Waals surface area contributed by atoms with E-state index in [9.17, 15) is 4.79 Å². The summed E-state index contributed by atoms with van der Waals surface area (Å²) in [7, 11) is 1.80. The minimum atomic E-state index is 0.0581. The van der Waals surface area contributed by atoms with Gasteiger partial charge in [-0.15, -0.1) is 0 Å². The Morgan fingerprint density at radius 2 is 2.29 bits per heavy atom. The molecule has 0 unspecified atom stereocenters. The van der Waals surface area contributed by atoms with Gasteiger partial charge in [0, 0.05) is 19.2 Å². The minimum Gasteiger partial charge on any atom is -0.341 e. The summed E-state index contributed by atoms with van der Waals surface area (Å²) < 4.78 is 0. The van der Waals surface area contributed by atoms with Crippen molar-refractivity contribution in [3.8, 4) is 0 Å². The molecule has 0 aliphatic carbocycles. The topological polar surface area (TPSA) is 24.7 Å². The number of carbonyl (C=O) groups excluding carboxylic acids is 1. The summed E-state index contributed by atoms with van der Waals surface area (Å²) >= 11 is 0. The maximum absolute atomic E-state index is 11.7. The molecule has 0 N–H and O–H groups in total. The maximum Gasteiger partial charge on any atom is 0.253 e. The fourth-order valence-electron chi connectivity index (χ4n) is 1.66. The lowest BCUT2D eigenvalue weighted by molar-refractivity contribution is 0.0781. The number of fused-ring (bicyclic) bond motifs is 1. The first kappa shape index (κ1) is 8.76. The smallest absolute Gasteiger partial charge is 0.253 e. The number of amides is 1. The summed E-state index contributed by atoms with van der Waals surface area (Å²) in [5, 5.41) is 0. The number of hydrogen-bond donors (Lipinski definition) is 0. The van der Waals surface area contributed by atoms with Gasteiger partial charge in [-0.05, 0) is 12.0 Å². The lowest BCUT2D eigenvalue weighted by Gasteiger charge is -2.24. The van der Waals surface area contributed by atoms with Gasteiger partial charge in [0.05, 0.1) is 6.57 Å². The number of nitrogens with zero attached hydrogens (tertiary/aromatic N) is 2. The van der Waals surface area contributed by atoms with Crippen LogP contribution in [0.5, 0.6) is 0 Å². The van der Waals surface area contributed by atoms with Crippen molar-refractivity contribution in [1.82, 2.24) is 4.90 Å². The van der Waals surface area contributed by atoms with Gasteiger partial charge in [-0.2, -0.15) is 0 Å². The van der Waals surface area contributed by atoms with Gasteiger partial charge in [0.2, 0.25) is 0 Å². The van der Waals surface area contributed by atoms with Crippen LogP contribution in [0.1, 0.15) is 15.9 Å². The van der Waals surface area contributed by atoms with Crippen LogP contribution in [0.2, 0.25) is 0 Å². The molecule has 0 spiro atoms. The largest absolute Gasteiger partial charge is 0.341 e. The highest BCUT2D eigenvalue weighted by molar-refractivity contribution is 5.97. The number of benzene rings is 1. The second-order valence-corrected chi connectivity index (χ2v) is 3.43. The predicted octanol–water partition coefficient (Wildman–Crippen LogP) is 1.87. The van der Waals surface area contributed by atoms with Gasteiger partial charge in [0.25, 0.3) is 5.91 Å². The Kier molecular flexibility index (Phi) is 1.97. The van der Waals surface area contributed by atoms with E-state index in [1.807, 2.05) is 6.07 Å². The highest BCUT2D eigenvalue weighted by Crippen LogP contribution is 2.23. The van der Waals surface area contributed by atoms with E-state index >= 15 is 0 Å². The molecule has 14 heavy (non-hydrogen) atoms. The Labute approximate surface area is 82.8 Å². The molecule has 1 heterocycles. The second-order valence-electron chi connectivity index (χ2n) is 3.43. The summed E-state index contributed by atoms with van der Waals surface area (Å²) in [4.78, 5) is 16.7. The van der Waals surface area contributed by atoms with Crippen molar-refractivity contribution in [2.45, 2.75) is 6.42 Å². The molecule has 1 aromatic rings. The zero-order valence-corrected chi connectivity index (χ0v) is 7.95. The van der Waals surface area contributed by atoms with Gasteiger partial charge < -0.3 is 4.90 Å². The molecule has 3 heteroatoms. The van der Waals surface area contributed by atoms with Crippen molar-refractivity contribution >= 4 is 11.6 Å². The van der Waals surface area contributed by atoms with Crippen LogP contribution in [0.3, 0.4) is 0 Å². The number of hydrogen-bond acceptors (Lipinski definition) is 1. The summed E-state index contributed by atoms with van der Waals surface area (Å²) in [6.45, 7) is 7.62. The average molecular weight is 186 g/mol. The average Bonchev–Trinajstić information content (AvgIpc) is 2.23. The van der Waals surface area contributed by atoms with Gasteiger partial charge in [-0.3, -0.25) is 4.79 Å². The zero-order valence-electron chi connectivity index (χ0n) is 7.95. The Balaban J connectivity index is 2.50.